The van der Waals surface area contributed by atoms with Gasteiger partial charge in [0, 0.05) is 20.9 Å². The lowest BCUT2D eigenvalue weighted by atomic mass is 9.76. The van der Waals surface area contributed by atoms with Crippen LogP contribution in [0.5, 0.6) is 0 Å². The Morgan fingerprint density at radius 2 is 2.16 bits per heavy atom. The maximum atomic E-state index is 10.8. The third-order valence-electron chi connectivity index (χ3n) is 4.57. The number of benzene rings is 1. The summed E-state index contributed by atoms with van der Waals surface area (Å²) in [6, 6.07) is 5.95. The van der Waals surface area contributed by atoms with E-state index in [4.69, 9.17) is 5.73 Å². The van der Waals surface area contributed by atoms with Crippen LogP contribution in [-0.4, -0.2) is 11.7 Å². The Balaban J connectivity index is 2.25. The van der Waals surface area contributed by atoms with Crippen LogP contribution in [0.2, 0.25) is 0 Å². The van der Waals surface area contributed by atoms with Gasteiger partial charge in [0.1, 0.15) is 0 Å². The lowest BCUT2D eigenvalue weighted by Gasteiger charge is -2.34. The van der Waals surface area contributed by atoms with Crippen molar-refractivity contribution in [3.8, 4) is 0 Å². The van der Waals surface area contributed by atoms with Crippen LogP contribution in [-0.2, 0) is 0 Å². The van der Waals surface area contributed by atoms with E-state index in [1.165, 1.54) is 12.8 Å². The van der Waals surface area contributed by atoms with E-state index in [0.29, 0.717) is 12.5 Å². The highest BCUT2D eigenvalue weighted by atomic mass is 79.9. The minimum Gasteiger partial charge on any atom is -0.388 e. The summed E-state index contributed by atoms with van der Waals surface area (Å²) in [7, 11) is 0. The molecule has 1 aromatic rings. The average molecular weight is 391 g/mol. The summed E-state index contributed by atoms with van der Waals surface area (Å²) < 4.78 is 1.98. The van der Waals surface area contributed by atoms with E-state index in [9.17, 15) is 5.11 Å². The number of aliphatic hydroxyl groups is 1. The normalized spacial score (nSPS) is 28.6. The molecule has 3 N–H and O–H groups in total. The first-order valence-corrected chi connectivity index (χ1v) is 8.44. The van der Waals surface area contributed by atoms with Crippen molar-refractivity contribution in [1.82, 2.24) is 0 Å². The number of hydrogen-bond donors (Lipinski definition) is 2. The number of nitrogens with two attached hydrogens (primary N) is 1. The van der Waals surface area contributed by atoms with Crippen molar-refractivity contribution in [1.29, 1.82) is 0 Å². The van der Waals surface area contributed by atoms with Gasteiger partial charge in [-0.1, -0.05) is 19.4 Å². The average Bonchev–Trinajstić information content (AvgIpc) is 2.86. The summed E-state index contributed by atoms with van der Waals surface area (Å²) in [5.74, 6) is 0.706. The van der Waals surface area contributed by atoms with Gasteiger partial charge in [-0.15, -0.1) is 0 Å². The third kappa shape index (κ3) is 3.07. The zero-order valence-electron chi connectivity index (χ0n) is 11.2. The minimum atomic E-state index is -0.474. The summed E-state index contributed by atoms with van der Waals surface area (Å²) in [4.78, 5) is 0. The van der Waals surface area contributed by atoms with Crippen LogP contribution in [0, 0.1) is 11.3 Å². The predicted octanol–water partition coefficient (Wildman–Crippen LogP) is 4.40. The van der Waals surface area contributed by atoms with Crippen molar-refractivity contribution >= 4 is 31.9 Å². The quantitative estimate of drug-likeness (QED) is 0.800. The number of rotatable bonds is 4. The fraction of sp³-hybridized carbons (Fsp3) is 0.600. The summed E-state index contributed by atoms with van der Waals surface area (Å²) in [6.45, 7) is 2.78. The maximum Gasteiger partial charge on any atom is 0.0858 e. The second-order valence-electron chi connectivity index (χ2n) is 5.66. The van der Waals surface area contributed by atoms with Crippen LogP contribution in [0.25, 0.3) is 0 Å². The van der Waals surface area contributed by atoms with Gasteiger partial charge in [-0.2, -0.15) is 0 Å². The highest BCUT2D eigenvalue weighted by Crippen LogP contribution is 2.50. The third-order valence-corrected chi connectivity index (χ3v) is 6.45. The van der Waals surface area contributed by atoms with Gasteiger partial charge < -0.3 is 10.8 Å². The molecule has 2 nitrogen and oxygen atoms in total. The molecule has 106 valence electrons. The SMILES string of the molecule is CCC1CCC(CN)(C(O)c2ccc(Br)c(Br)c2)C1. The van der Waals surface area contributed by atoms with E-state index < -0.39 is 6.10 Å². The van der Waals surface area contributed by atoms with Crippen molar-refractivity contribution in [2.45, 2.75) is 38.7 Å². The van der Waals surface area contributed by atoms with Gasteiger partial charge in [0.05, 0.1) is 6.10 Å². The van der Waals surface area contributed by atoms with E-state index in [2.05, 4.69) is 38.8 Å². The van der Waals surface area contributed by atoms with E-state index in [-0.39, 0.29) is 5.41 Å². The fourth-order valence-electron chi connectivity index (χ4n) is 3.20. The first kappa shape index (κ1) is 15.5. The molecule has 3 unspecified atom stereocenters. The van der Waals surface area contributed by atoms with E-state index in [0.717, 1.165) is 27.4 Å². The molecule has 1 aliphatic carbocycles. The Bertz CT molecular complexity index is 452. The van der Waals surface area contributed by atoms with Crippen LogP contribution in [0.15, 0.2) is 27.1 Å². The molecule has 0 bridgehead atoms. The zero-order valence-corrected chi connectivity index (χ0v) is 14.4. The molecule has 2 rings (SSSR count). The molecule has 0 radical (unpaired) electrons. The van der Waals surface area contributed by atoms with Crippen molar-refractivity contribution in [3.05, 3.63) is 32.7 Å². The van der Waals surface area contributed by atoms with Gasteiger partial charge in [-0.3, -0.25) is 0 Å². The summed E-state index contributed by atoms with van der Waals surface area (Å²) in [5.41, 5.74) is 6.82. The van der Waals surface area contributed by atoms with Gasteiger partial charge in [0.15, 0.2) is 0 Å². The molecular weight excluding hydrogens is 370 g/mol. The molecule has 0 aromatic heterocycles. The first-order valence-electron chi connectivity index (χ1n) is 6.85. The van der Waals surface area contributed by atoms with Crippen LogP contribution in [0.3, 0.4) is 0 Å². The van der Waals surface area contributed by atoms with Crippen molar-refractivity contribution in [3.63, 3.8) is 0 Å². The number of hydrogen-bond acceptors (Lipinski definition) is 2. The van der Waals surface area contributed by atoms with Crippen molar-refractivity contribution in [2.24, 2.45) is 17.1 Å². The molecule has 1 fully saturated rings. The Hall–Kier alpha value is 0.1000. The molecule has 0 heterocycles. The fourth-order valence-corrected chi connectivity index (χ4v) is 3.84. The molecule has 1 saturated carbocycles. The smallest absolute Gasteiger partial charge is 0.0858 e. The van der Waals surface area contributed by atoms with E-state index >= 15 is 0 Å². The molecule has 4 heteroatoms. The molecule has 1 aliphatic rings. The number of aliphatic hydroxyl groups excluding tert-OH is 1. The molecule has 0 aliphatic heterocycles. The molecular formula is C15H21Br2NO. The Labute approximate surface area is 132 Å². The molecule has 0 saturated heterocycles. The standard InChI is InChI=1S/C15H21Br2NO/c1-2-10-5-6-15(8-10,9-18)14(19)11-3-4-12(16)13(17)7-11/h3-4,7,10,14,19H,2,5-6,8-9,18H2,1H3. The Morgan fingerprint density at radius 3 is 2.68 bits per heavy atom. The topological polar surface area (TPSA) is 46.2 Å². The van der Waals surface area contributed by atoms with Gasteiger partial charge in [0.2, 0.25) is 0 Å². The zero-order chi connectivity index (χ0) is 14.0. The van der Waals surface area contributed by atoms with Gasteiger partial charge in [0.25, 0.3) is 0 Å². The van der Waals surface area contributed by atoms with Crippen LogP contribution < -0.4 is 5.73 Å². The van der Waals surface area contributed by atoms with Gasteiger partial charge >= 0.3 is 0 Å². The molecule has 0 spiro atoms. The lowest BCUT2D eigenvalue weighted by molar-refractivity contribution is 0.0301. The summed E-state index contributed by atoms with van der Waals surface area (Å²) in [6.07, 6.45) is 3.95. The Morgan fingerprint density at radius 1 is 1.42 bits per heavy atom. The Kier molecular flexibility index (Phi) is 5.09. The predicted molar refractivity (Wildman–Crippen MR) is 85.9 cm³/mol. The summed E-state index contributed by atoms with van der Waals surface area (Å²) >= 11 is 6.96. The second kappa shape index (κ2) is 6.25. The monoisotopic (exact) mass is 389 g/mol. The van der Waals surface area contributed by atoms with Crippen molar-refractivity contribution in [2.75, 3.05) is 6.54 Å². The summed E-state index contributed by atoms with van der Waals surface area (Å²) in [5, 5.41) is 10.8. The van der Waals surface area contributed by atoms with Gasteiger partial charge in [-0.25, -0.2) is 0 Å². The molecule has 3 atom stereocenters. The van der Waals surface area contributed by atoms with E-state index in [1.807, 2.05) is 18.2 Å². The van der Waals surface area contributed by atoms with E-state index in [1.54, 1.807) is 0 Å². The number of halogens is 2. The molecule has 0 amide bonds. The maximum absolute atomic E-state index is 10.8. The van der Waals surface area contributed by atoms with Crippen molar-refractivity contribution < 1.29 is 5.11 Å². The second-order valence-corrected chi connectivity index (χ2v) is 7.37. The highest BCUT2D eigenvalue weighted by molar-refractivity contribution is 9.13. The minimum absolute atomic E-state index is 0.145. The molecule has 1 aromatic carbocycles. The van der Waals surface area contributed by atoms with Crippen LogP contribution in [0.4, 0.5) is 0 Å². The van der Waals surface area contributed by atoms with Crippen LogP contribution >= 0.6 is 31.9 Å². The lowest BCUT2D eigenvalue weighted by Crippen LogP contribution is -2.34. The first-order chi connectivity index (χ1) is 9.02. The van der Waals surface area contributed by atoms with Crippen LogP contribution in [0.1, 0.15) is 44.3 Å². The van der Waals surface area contributed by atoms with Gasteiger partial charge in [-0.05, 0) is 74.7 Å². The largest absolute Gasteiger partial charge is 0.388 e. The highest BCUT2D eigenvalue weighted by Gasteiger charge is 2.43. The molecule has 19 heavy (non-hydrogen) atoms.